The zero-order chi connectivity index (χ0) is 22.1. The van der Waals surface area contributed by atoms with E-state index in [1.807, 2.05) is 0 Å². The van der Waals surface area contributed by atoms with Gasteiger partial charge in [0, 0.05) is 11.3 Å². The van der Waals surface area contributed by atoms with Crippen molar-refractivity contribution in [3.8, 4) is 0 Å². The molecule has 2 aliphatic rings. The van der Waals surface area contributed by atoms with E-state index in [9.17, 15) is 19.2 Å². The minimum Gasteiger partial charge on any atom is -0.325 e. The lowest BCUT2D eigenvalue weighted by Gasteiger charge is -2.42. The highest BCUT2D eigenvalue weighted by Gasteiger charge is 2.53. The van der Waals surface area contributed by atoms with Crippen LogP contribution in [0.25, 0.3) is 0 Å². The van der Waals surface area contributed by atoms with Crippen LogP contribution in [0.5, 0.6) is 0 Å². The second-order valence-corrected chi connectivity index (χ2v) is 9.21. The molecule has 0 aromatic heterocycles. The van der Waals surface area contributed by atoms with Gasteiger partial charge in [-0.2, -0.15) is 0 Å². The fraction of sp³-hybridized carbons (Fsp3) is 0.565. The number of nitrogens with zero attached hydrogens (tertiary/aromatic N) is 1. The van der Waals surface area contributed by atoms with Gasteiger partial charge in [0.15, 0.2) is 5.78 Å². The van der Waals surface area contributed by atoms with Crippen molar-refractivity contribution >= 4 is 29.3 Å². The molecule has 7 nitrogen and oxygen atoms in total. The van der Waals surface area contributed by atoms with Crippen molar-refractivity contribution in [2.75, 3.05) is 11.9 Å². The van der Waals surface area contributed by atoms with Crippen LogP contribution in [0.4, 0.5) is 10.5 Å². The van der Waals surface area contributed by atoms with Crippen LogP contribution in [0.3, 0.4) is 0 Å². The summed E-state index contributed by atoms with van der Waals surface area (Å²) in [5, 5.41) is 5.53. The van der Waals surface area contributed by atoms with Crippen LogP contribution in [0, 0.1) is 11.3 Å². The fourth-order valence-electron chi connectivity index (χ4n) is 4.50. The smallest absolute Gasteiger partial charge is 0.325 e. The van der Waals surface area contributed by atoms with Crippen molar-refractivity contribution in [2.45, 2.75) is 65.3 Å². The van der Waals surface area contributed by atoms with Gasteiger partial charge in [0.2, 0.25) is 5.91 Å². The summed E-state index contributed by atoms with van der Waals surface area (Å²) in [6, 6.07) is 6.06. The largest absolute Gasteiger partial charge is 0.325 e. The molecule has 1 aliphatic carbocycles. The molecule has 1 heterocycles. The first-order valence-corrected chi connectivity index (χ1v) is 10.6. The van der Waals surface area contributed by atoms with Crippen LogP contribution in [0.2, 0.25) is 0 Å². The second-order valence-electron chi connectivity index (χ2n) is 9.21. The quantitative estimate of drug-likeness (QED) is 0.548. The van der Waals surface area contributed by atoms with Crippen molar-refractivity contribution < 1.29 is 19.2 Å². The third-order valence-corrected chi connectivity index (χ3v) is 6.96. The summed E-state index contributed by atoms with van der Waals surface area (Å²) < 4.78 is 0. The predicted molar refractivity (Wildman–Crippen MR) is 114 cm³/mol. The Kier molecular flexibility index (Phi) is 6.01. The molecule has 1 aromatic carbocycles. The van der Waals surface area contributed by atoms with Crippen molar-refractivity contribution in [2.24, 2.45) is 11.3 Å². The van der Waals surface area contributed by atoms with Crippen molar-refractivity contribution in [1.82, 2.24) is 10.2 Å². The maximum atomic E-state index is 13.1. The first-order chi connectivity index (χ1) is 14.1. The molecule has 0 radical (unpaired) electrons. The zero-order valence-corrected chi connectivity index (χ0v) is 18.2. The molecule has 1 aliphatic heterocycles. The number of Topliss-reactive ketones (excluding diaryl/α,β-unsaturated/α-hetero) is 1. The Morgan fingerprint density at radius 3 is 2.50 bits per heavy atom. The first kappa shape index (κ1) is 22.0. The van der Waals surface area contributed by atoms with Crippen LogP contribution in [-0.4, -0.2) is 40.6 Å². The van der Waals surface area contributed by atoms with Gasteiger partial charge >= 0.3 is 6.03 Å². The number of anilines is 1. The highest BCUT2D eigenvalue weighted by Crippen LogP contribution is 2.45. The molecule has 162 valence electrons. The topological polar surface area (TPSA) is 95.6 Å². The van der Waals surface area contributed by atoms with Crippen LogP contribution in [0.1, 0.15) is 70.2 Å². The van der Waals surface area contributed by atoms with Gasteiger partial charge in [-0.25, -0.2) is 4.79 Å². The summed E-state index contributed by atoms with van der Waals surface area (Å²) in [6.45, 7) is 7.79. The Morgan fingerprint density at radius 2 is 1.90 bits per heavy atom. The molecule has 3 rings (SSSR count). The Balaban J connectivity index is 1.64. The van der Waals surface area contributed by atoms with Gasteiger partial charge in [0.25, 0.3) is 5.91 Å². The SMILES string of the molecule is CCC(C)(C)C1CCC2(CC1)NC(=O)N(CC(=O)Nc1cccc(C(C)=O)c1)C2=O. The monoisotopic (exact) mass is 413 g/mol. The van der Waals surface area contributed by atoms with Gasteiger partial charge in [-0.15, -0.1) is 0 Å². The molecule has 1 spiro atoms. The average Bonchev–Trinajstić information content (AvgIpc) is 2.92. The van der Waals surface area contributed by atoms with E-state index in [2.05, 4.69) is 31.4 Å². The van der Waals surface area contributed by atoms with Gasteiger partial charge in [0.05, 0.1) is 0 Å². The van der Waals surface area contributed by atoms with Crippen molar-refractivity contribution in [3.63, 3.8) is 0 Å². The highest BCUT2D eigenvalue weighted by molar-refractivity contribution is 6.10. The van der Waals surface area contributed by atoms with Gasteiger partial charge in [-0.1, -0.05) is 39.3 Å². The molecule has 2 fully saturated rings. The summed E-state index contributed by atoms with van der Waals surface area (Å²) in [6.07, 6.45) is 4.03. The molecule has 30 heavy (non-hydrogen) atoms. The summed E-state index contributed by atoms with van der Waals surface area (Å²) in [7, 11) is 0. The molecule has 1 saturated heterocycles. The minimum atomic E-state index is -0.883. The van der Waals surface area contributed by atoms with Gasteiger partial charge in [-0.3, -0.25) is 19.3 Å². The molecular weight excluding hydrogens is 382 g/mol. The maximum Gasteiger partial charge on any atom is 0.325 e. The molecule has 7 heteroatoms. The van der Waals surface area contributed by atoms with E-state index in [1.54, 1.807) is 24.3 Å². The molecular formula is C23H31N3O4. The van der Waals surface area contributed by atoms with E-state index < -0.39 is 17.5 Å². The summed E-state index contributed by atoms with van der Waals surface area (Å²) in [5.41, 5.74) is 0.262. The van der Waals surface area contributed by atoms with Crippen molar-refractivity contribution in [1.29, 1.82) is 0 Å². The maximum absolute atomic E-state index is 13.1. The lowest BCUT2D eigenvalue weighted by molar-refractivity contribution is -0.135. The number of urea groups is 1. The van der Waals surface area contributed by atoms with E-state index in [4.69, 9.17) is 0 Å². The van der Waals surface area contributed by atoms with E-state index in [0.717, 1.165) is 24.2 Å². The molecule has 4 amide bonds. The number of imide groups is 1. The predicted octanol–water partition coefficient (Wildman–Crippen LogP) is 3.74. The normalized spacial score (nSPS) is 24.1. The second kappa shape index (κ2) is 8.20. The lowest BCUT2D eigenvalue weighted by Crippen LogP contribution is -2.51. The number of nitrogens with one attached hydrogen (secondary N) is 2. The van der Waals surface area contributed by atoms with Crippen molar-refractivity contribution in [3.05, 3.63) is 29.8 Å². The fourth-order valence-corrected chi connectivity index (χ4v) is 4.50. The molecule has 2 N–H and O–H groups in total. The summed E-state index contributed by atoms with van der Waals surface area (Å²) in [5.74, 6) is -0.377. The van der Waals surface area contributed by atoms with Crippen LogP contribution in [0.15, 0.2) is 24.3 Å². The Labute approximate surface area is 177 Å². The lowest BCUT2D eigenvalue weighted by atomic mass is 9.65. The molecule has 1 saturated carbocycles. The third-order valence-electron chi connectivity index (χ3n) is 6.96. The third kappa shape index (κ3) is 4.25. The molecule has 0 atom stereocenters. The van der Waals surface area contributed by atoms with E-state index in [-0.39, 0.29) is 23.7 Å². The van der Waals surface area contributed by atoms with E-state index in [0.29, 0.717) is 30.0 Å². The number of rotatable bonds is 6. The molecule has 0 bridgehead atoms. The molecule has 1 aromatic rings. The van der Waals surface area contributed by atoms with E-state index in [1.165, 1.54) is 6.92 Å². The zero-order valence-electron chi connectivity index (χ0n) is 18.2. The van der Waals surface area contributed by atoms with Gasteiger partial charge in [0.1, 0.15) is 12.1 Å². The number of carbonyl (C=O) groups is 4. The van der Waals surface area contributed by atoms with Crippen LogP contribution < -0.4 is 10.6 Å². The Hall–Kier alpha value is -2.70. The number of ketones is 1. The average molecular weight is 414 g/mol. The Bertz CT molecular complexity index is 869. The minimum absolute atomic E-state index is 0.107. The number of hydrogen-bond donors (Lipinski definition) is 2. The summed E-state index contributed by atoms with van der Waals surface area (Å²) in [4.78, 5) is 50.5. The number of benzene rings is 1. The highest BCUT2D eigenvalue weighted by atomic mass is 16.2. The number of amides is 4. The first-order valence-electron chi connectivity index (χ1n) is 10.6. The van der Waals surface area contributed by atoms with Gasteiger partial charge < -0.3 is 10.6 Å². The number of hydrogen-bond acceptors (Lipinski definition) is 4. The Morgan fingerprint density at radius 1 is 1.23 bits per heavy atom. The van der Waals surface area contributed by atoms with Crippen LogP contribution in [-0.2, 0) is 9.59 Å². The summed E-state index contributed by atoms with van der Waals surface area (Å²) >= 11 is 0. The standard InChI is InChI=1S/C23H31N3O4/c1-5-22(3,4)17-9-11-23(12-10-17)20(29)26(21(30)25-23)14-19(28)24-18-8-6-7-16(13-18)15(2)27/h6-8,13,17H,5,9-12,14H2,1-4H3,(H,24,28)(H,25,30). The van der Waals surface area contributed by atoms with Gasteiger partial charge in [-0.05, 0) is 56.1 Å². The van der Waals surface area contributed by atoms with E-state index >= 15 is 0 Å². The number of carbonyl (C=O) groups excluding carboxylic acids is 4. The van der Waals surface area contributed by atoms with Crippen LogP contribution >= 0.6 is 0 Å². The molecule has 0 unspecified atom stereocenters.